The Labute approximate surface area is 100 Å². The first-order chi connectivity index (χ1) is 8.18. The number of esters is 1. The molecule has 4 nitrogen and oxygen atoms in total. The van der Waals surface area contributed by atoms with E-state index < -0.39 is 5.97 Å². The van der Waals surface area contributed by atoms with Crippen LogP contribution < -0.4 is 0 Å². The van der Waals surface area contributed by atoms with E-state index in [1.807, 2.05) is 30.3 Å². The summed E-state index contributed by atoms with van der Waals surface area (Å²) in [5, 5.41) is 8.40. The quantitative estimate of drug-likeness (QED) is 0.736. The zero-order valence-electron chi connectivity index (χ0n) is 9.59. The van der Waals surface area contributed by atoms with Gasteiger partial charge < -0.3 is 9.84 Å². The second kappa shape index (κ2) is 7.44. The summed E-state index contributed by atoms with van der Waals surface area (Å²) in [6.07, 6.45) is 1.19. The smallest absolute Gasteiger partial charge is 0.305 e. The van der Waals surface area contributed by atoms with Crippen LogP contribution in [0.15, 0.2) is 30.3 Å². The minimum atomic E-state index is -0.887. The molecule has 17 heavy (non-hydrogen) atoms. The van der Waals surface area contributed by atoms with Crippen LogP contribution in [0.3, 0.4) is 0 Å². The molecule has 0 spiro atoms. The van der Waals surface area contributed by atoms with Crippen LogP contribution in [0.5, 0.6) is 0 Å². The van der Waals surface area contributed by atoms with Crippen molar-refractivity contribution in [1.29, 1.82) is 0 Å². The van der Waals surface area contributed by atoms with E-state index in [4.69, 9.17) is 9.84 Å². The Balaban J connectivity index is 2.10. The molecule has 0 radical (unpaired) electrons. The molecule has 0 fully saturated rings. The molecular weight excluding hydrogens is 220 g/mol. The van der Waals surface area contributed by atoms with Gasteiger partial charge >= 0.3 is 11.9 Å². The Morgan fingerprint density at radius 1 is 1.12 bits per heavy atom. The number of rotatable bonds is 7. The standard InChI is InChI=1S/C13H16O4/c14-12(15)7-4-8-13(16)17-10-9-11-5-2-1-3-6-11/h1-3,5-6H,4,7-10H2,(H,14,15). The number of benzene rings is 1. The van der Waals surface area contributed by atoms with Gasteiger partial charge in [-0.05, 0) is 12.0 Å². The monoisotopic (exact) mass is 236 g/mol. The Morgan fingerprint density at radius 2 is 1.82 bits per heavy atom. The molecule has 4 heteroatoms. The van der Waals surface area contributed by atoms with Gasteiger partial charge in [-0.15, -0.1) is 0 Å². The van der Waals surface area contributed by atoms with Gasteiger partial charge in [0.2, 0.25) is 0 Å². The minimum absolute atomic E-state index is 0.00772. The van der Waals surface area contributed by atoms with Crippen molar-refractivity contribution < 1.29 is 19.4 Å². The maximum absolute atomic E-state index is 11.2. The molecule has 0 aromatic heterocycles. The highest BCUT2D eigenvalue weighted by Gasteiger charge is 2.04. The van der Waals surface area contributed by atoms with Crippen molar-refractivity contribution in [3.05, 3.63) is 35.9 Å². The Morgan fingerprint density at radius 3 is 2.47 bits per heavy atom. The summed E-state index contributed by atoms with van der Waals surface area (Å²) >= 11 is 0. The van der Waals surface area contributed by atoms with E-state index in [0.29, 0.717) is 19.4 Å². The van der Waals surface area contributed by atoms with Crippen molar-refractivity contribution in [3.63, 3.8) is 0 Å². The van der Waals surface area contributed by atoms with Crippen molar-refractivity contribution in [2.45, 2.75) is 25.7 Å². The van der Waals surface area contributed by atoms with Crippen molar-refractivity contribution in [2.24, 2.45) is 0 Å². The molecule has 0 atom stereocenters. The Kier molecular flexibility index (Phi) is 5.79. The number of carbonyl (C=O) groups excluding carboxylic acids is 1. The summed E-state index contributed by atoms with van der Waals surface area (Å²) in [4.78, 5) is 21.4. The second-order valence-corrected chi connectivity index (χ2v) is 3.70. The van der Waals surface area contributed by atoms with Crippen LogP contribution in [-0.4, -0.2) is 23.7 Å². The Hall–Kier alpha value is -1.84. The van der Waals surface area contributed by atoms with Crippen molar-refractivity contribution >= 4 is 11.9 Å². The first-order valence-corrected chi connectivity index (χ1v) is 5.60. The number of carbonyl (C=O) groups is 2. The number of hydrogen-bond donors (Lipinski definition) is 1. The highest BCUT2D eigenvalue weighted by atomic mass is 16.5. The number of ether oxygens (including phenoxy) is 1. The molecule has 0 saturated heterocycles. The van der Waals surface area contributed by atoms with Gasteiger partial charge in [0.05, 0.1) is 6.61 Å². The highest BCUT2D eigenvalue weighted by Crippen LogP contribution is 2.02. The lowest BCUT2D eigenvalue weighted by Gasteiger charge is -2.04. The molecule has 92 valence electrons. The van der Waals surface area contributed by atoms with Gasteiger partial charge in [0.1, 0.15) is 0 Å². The molecule has 1 rings (SSSR count). The van der Waals surface area contributed by atoms with Crippen LogP contribution in [0, 0.1) is 0 Å². The van der Waals surface area contributed by atoms with Crippen molar-refractivity contribution in [3.8, 4) is 0 Å². The summed E-state index contributed by atoms with van der Waals surface area (Å²) in [6.45, 7) is 0.343. The fraction of sp³-hybridized carbons (Fsp3) is 0.385. The molecule has 0 heterocycles. The van der Waals surface area contributed by atoms with Crippen molar-refractivity contribution in [1.82, 2.24) is 0 Å². The molecule has 1 aromatic carbocycles. The second-order valence-electron chi connectivity index (χ2n) is 3.70. The molecule has 0 unspecified atom stereocenters. The molecule has 0 aliphatic rings. The molecule has 0 bridgehead atoms. The van der Waals surface area contributed by atoms with Gasteiger partial charge in [-0.1, -0.05) is 30.3 Å². The fourth-order valence-corrected chi connectivity index (χ4v) is 1.38. The SMILES string of the molecule is O=C(O)CCCC(=O)OCCc1ccccc1. The van der Waals surface area contributed by atoms with E-state index in [0.717, 1.165) is 5.56 Å². The Bertz CT molecular complexity index is 359. The summed E-state index contributed by atoms with van der Waals surface area (Å²) in [6, 6.07) is 9.74. The van der Waals surface area contributed by atoms with Gasteiger partial charge in [-0.2, -0.15) is 0 Å². The third-order valence-electron chi connectivity index (χ3n) is 2.27. The van der Waals surface area contributed by atoms with E-state index in [-0.39, 0.29) is 18.8 Å². The van der Waals surface area contributed by atoms with Crippen molar-refractivity contribution in [2.75, 3.05) is 6.61 Å². The average molecular weight is 236 g/mol. The number of hydrogen-bond acceptors (Lipinski definition) is 3. The normalized spacial score (nSPS) is 9.88. The maximum atomic E-state index is 11.2. The molecule has 1 N–H and O–H groups in total. The summed E-state index contributed by atoms with van der Waals surface area (Å²) < 4.78 is 5.00. The third kappa shape index (κ3) is 6.35. The average Bonchev–Trinajstić information content (AvgIpc) is 2.30. The van der Waals surface area contributed by atoms with Crippen LogP contribution >= 0.6 is 0 Å². The summed E-state index contributed by atoms with van der Waals surface area (Å²) in [7, 11) is 0. The third-order valence-corrected chi connectivity index (χ3v) is 2.27. The lowest BCUT2D eigenvalue weighted by Crippen LogP contribution is -2.08. The largest absolute Gasteiger partial charge is 0.481 e. The van der Waals surface area contributed by atoms with Gasteiger partial charge in [-0.25, -0.2) is 0 Å². The molecule has 1 aromatic rings. The van der Waals surface area contributed by atoms with E-state index >= 15 is 0 Å². The topological polar surface area (TPSA) is 63.6 Å². The van der Waals surface area contributed by atoms with Crippen LogP contribution in [-0.2, 0) is 20.7 Å². The molecule has 0 aliphatic carbocycles. The van der Waals surface area contributed by atoms with Gasteiger partial charge in [0.25, 0.3) is 0 Å². The van der Waals surface area contributed by atoms with E-state index in [9.17, 15) is 9.59 Å². The van der Waals surface area contributed by atoms with E-state index in [1.165, 1.54) is 0 Å². The predicted molar refractivity (Wildman–Crippen MR) is 62.6 cm³/mol. The van der Waals surface area contributed by atoms with Crippen LogP contribution in [0.25, 0.3) is 0 Å². The van der Waals surface area contributed by atoms with Gasteiger partial charge in [-0.3, -0.25) is 9.59 Å². The molecule has 0 saturated carbocycles. The first kappa shape index (κ1) is 13.2. The van der Waals surface area contributed by atoms with E-state index in [1.54, 1.807) is 0 Å². The molecular formula is C13H16O4. The zero-order valence-corrected chi connectivity index (χ0v) is 9.59. The lowest BCUT2D eigenvalue weighted by atomic mass is 10.2. The number of aliphatic carboxylic acids is 1. The predicted octanol–water partition coefficient (Wildman–Crippen LogP) is 2.03. The summed E-state index contributed by atoms with van der Waals surface area (Å²) in [5.74, 6) is -1.22. The van der Waals surface area contributed by atoms with Gasteiger partial charge in [0.15, 0.2) is 0 Å². The molecule has 0 amide bonds. The zero-order chi connectivity index (χ0) is 12.5. The van der Waals surface area contributed by atoms with Crippen LogP contribution in [0.1, 0.15) is 24.8 Å². The maximum Gasteiger partial charge on any atom is 0.305 e. The van der Waals surface area contributed by atoms with Crippen LogP contribution in [0.2, 0.25) is 0 Å². The summed E-state index contributed by atoms with van der Waals surface area (Å²) in [5.41, 5.74) is 1.12. The fourth-order valence-electron chi connectivity index (χ4n) is 1.38. The minimum Gasteiger partial charge on any atom is -0.481 e. The number of carboxylic acids is 1. The van der Waals surface area contributed by atoms with Crippen LogP contribution in [0.4, 0.5) is 0 Å². The first-order valence-electron chi connectivity index (χ1n) is 5.60. The molecule has 0 aliphatic heterocycles. The number of carboxylic acid groups (broad SMARTS) is 1. The lowest BCUT2D eigenvalue weighted by molar-refractivity contribution is -0.144. The van der Waals surface area contributed by atoms with E-state index in [2.05, 4.69) is 0 Å². The van der Waals surface area contributed by atoms with Gasteiger partial charge in [0, 0.05) is 19.3 Å². The highest BCUT2D eigenvalue weighted by molar-refractivity contribution is 5.71.